The molecule has 6 nitrogen and oxygen atoms in total. The fourth-order valence-electron chi connectivity index (χ4n) is 5.18. The highest BCUT2D eigenvalue weighted by atomic mass is 16.5. The Morgan fingerprint density at radius 2 is 1.79 bits per heavy atom. The van der Waals surface area contributed by atoms with Gasteiger partial charge in [0, 0.05) is 27.7 Å². The molecule has 182 valence electrons. The maximum absolute atomic E-state index is 13.6. The van der Waals surface area contributed by atoms with Crippen LogP contribution in [0.5, 0.6) is 5.75 Å². The van der Waals surface area contributed by atoms with E-state index < -0.39 is 11.5 Å². The Morgan fingerprint density at radius 1 is 1.15 bits per heavy atom. The first-order valence-electron chi connectivity index (χ1n) is 11.8. The van der Waals surface area contributed by atoms with Crippen molar-refractivity contribution in [3.8, 4) is 5.75 Å². The van der Waals surface area contributed by atoms with E-state index in [4.69, 9.17) is 4.74 Å². The Morgan fingerprint density at radius 3 is 2.32 bits per heavy atom. The van der Waals surface area contributed by atoms with E-state index in [1.807, 2.05) is 42.5 Å². The van der Waals surface area contributed by atoms with Crippen molar-refractivity contribution in [1.29, 1.82) is 0 Å². The number of anilines is 1. The number of rotatable bonds is 7. The first kappa shape index (κ1) is 24.3. The predicted octanol–water partition coefficient (Wildman–Crippen LogP) is 4.61. The molecule has 0 spiro atoms. The summed E-state index contributed by atoms with van der Waals surface area (Å²) in [6.07, 6.45) is -0.0539. The van der Waals surface area contributed by atoms with Crippen LogP contribution in [0.15, 0.2) is 48.5 Å². The van der Waals surface area contributed by atoms with Gasteiger partial charge in [-0.05, 0) is 53.8 Å². The summed E-state index contributed by atoms with van der Waals surface area (Å²) in [6.45, 7) is 10.6. The molecule has 1 unspecified atom stereocenters. The summed E-state index contributed by atoms with van der Waals surface area (Å²) >= 11 is 0. The van der Waals surface area contributed by atoms with E-state index in [0.29, 0.717) is 6.54 Å². The number of aliphatic hydroxyl groups is 2. The summed E-state index contributed by atoms with van der Waals surface area (Å²) in [5.41, 5.74) is 2.91. The van der Waals surface area contributed by atoms with Crippen LogP contribution in [0.3, 0.4) is 0 Å². The molecule has 1 amide bonds. The molecule has 3 N–H and O–H groups in total. The highest BCUT2D eigenvalue weighted by Crippen LogP contribution is 2.64. The number of hydrogen-bond acceptors (Lipinski definition) is 4. The van der Waals surface area contributed by atoms with Gasteiger partial charge in [0.25, 0.3) is 0 Å². The molecule has 2 aromatic carbocycles. The van der Waals surface area contributed by atoms with Crippen LogP contribution in [0.4, 0.5) is 5.69 Å². The van der Waals surface area contributed by atoms with Crippen molar-refractivity contribution >= 4 is 22.5 Å². The molecular weight excluding hydrogens is 428 g/mol. The van der Waals surface area contributed by atoms with Crippen molar-refractivity contribution < 1.29 is 19.7 Å². The zero-order valence-electron chi connectivity index (χ0n) is 21.0. The molecule has 1 saturated carbocycles. The lowest BCUT2D eigenvalue weighted by Gasteiger charge is -2.23. The lowest BCUT2D eigenvalue weighted by atomic mass is 9.87. The van der Waals surface area contributed by atoms with E-state index in [1.54, 1.807) is 7.11 Å². The van der Waals surface area contributed by atoms with E-state index in [1.165, 1.54) is 0 Å². The van der Waals surface area contributed by atoms with Crippen LogP contribution in [-0.2, 0) is 22.2 Å². The van der Waals surface area contributed by atoms with E-state index in [9.17, 15) is 15.0 Å². The van der Waals surface area contributed by atoms with Crippen molar-refractivity contribution in [3.63, 3.8) is 0 Å². The predicted molar refractivity (Wildman–Crippen MR) is 135 cm³/mol. The Kier molecular flexibility index (Phi) is 6.03. The van der Waals surface area contributed by atoms with Crippen LogP contribution in [-0.4, -0.2) is 40.5 Å². The van der Waals surface area contributed by atoms with Gasteiger partial charge in [-0.25, -0.2) is 0 Å². The minimum absolute atomic E-state index is 0.00630. The number of aliphatic hydroxyl groups excluding tert-OH is 2. The number of methoxy groups -OCH3 is 1. The van der Waals surface area contributed by atoms with Gasteiger partial charge in [-0.15, -0.1) is 0 Å². The average Bonchev–Trinajstić information content (AvgIpc) is 3.20. The summed E-state index contributed by atoms with van der Waals surface area (Å²) < 4.78 is 7.35. The van der Waals surface area contributed by atoms with Gasteiger partial charge in [0.1, 0.15) is 5.75 Å². The lowest BCUT2D eigenvalue weighted by molar-refractivity contribution is -0.119. The molecule has 0 saturated heterocycles. The number of hydrogen-bond donors (Lipinski definition) is 3. The third-order valence-electron chi connectivity index (χ3n) is 7.24. The summed E-state index contributed by atoms with van der Waals surface area (Å²) in [4.78, 5) is 13.6. The normalized spacial score (nSPS) is 20.2. The standard InChI is InChI=1S/C28H36N2O4/c1-26(2,3)24-14-18-13-20(9-12-23(18)30(24)15-21(32)16-31)29-25(33)28(17-27(28,4)5)19-7-10-22(34-6)11-8-19/h7-14,21,31-32H,15-17H2,1-6H3,(H,29,33)/t21-,28?/m1/s1. The number of aromatic nitrogens is 1. The van der Waals surface area contributed by atoms with Gasteiger partial charge >= 0.3 is 0 Å². The van der Waals surface area contributed by atoms with Crippen molar-refractivity contribution in [2.75, 3.05) is 19.0 Å². The van der Waals surface area contributed by atoms with Crippen LogP contribution in [0, 0.1) is 5.41 Å². The Labute approximate surface area is 201 Å². The number of benzene rings is 2. The molecule has 1 heterocycles. The van der Waals surface area contributed by atoms with Crippen LogP contribution in [0.1, 0.15) is 52.3 Å². The zero-order valence-corrected chi connectivity index (χ0v) is 21.0. The Balaban J connectivity index is 1.67. The quantitative estimate of drug-likeness (QED) is 0.477. The SMILES string of the molecule is COc1ccc(C2(C(=O)Nc3ccc4c(c3)cc(C(C)(C)C)n4C[C@@H](O)CO)CC2(C)C)cc1. The third kappa shape index (κ3) is 4.10. The zero-order chi connectivity index (χ0) is 24.9. The highest BCUT2D eigenvalue weighted by Gasteiger charge is 2.67. The fourth-order valence-corrected chi connectivity index (χ4v) is 5.18. The molecule has 4 rings (SSSR count). The van der Waals surface area contributed by atoms with E-state index in [2.05, 4.69) is 50.6 Å². The summed E-state index contributed by atoms with van der Waals surface area (Å²) in [5.74, 6) is 0.766. The van der Waals surface area contributed by atoms with Gasteiger partial charge in [0.15, 0.2) is 0 Å². The van der Waals surface area contributed by atoms with Gasteiger partial charge in [0.2, 0.25) is 5.91 Å². The second kappa shape index (κ2) is 8.43. The van der Waals surface area contributed by atoms with Crippen molar-refractivity contribution in [2.24, 2.45) is 5.41 Å². The molecule has 1 fully saturated rings. The van der Waals surface area contributed by atoms with Crippen LogP contribution in [0.2, 0.25) is 0 Å². The number of amides is 1. The maximum Gasteiger partial charge on any atom is 0.235 e. The van der Waals surface area contributed by atoms with Crippen molar-refractivity contribution in [1.82, 2.24) is 4.57 Å². The van der Waals surface area contributed by atoms with Crippen LogP contribution >= 0.6 is 0 Å². The molecule has 2 atom stereocenters. The van der Waals surface area contributed by atoms with E-state index in [-0.39, 0.29) is 23.3 Å². The monoisotopic (exact) mass is 464 g/mol. The second-order valence-electron chi connectivity index (χ2n) is 11.1. The van der Waals surface area contributed by atoms with Crippen LogP contribution < -0.4 is 10.1 Å². The van der Waals surface area contributed by atoms with E-state index >= 15 is 0 Å². The van der Waals surface area contributed by atoms with Gasteiger partial charge < -0.3 is 24.8 Å². The molecule has 0 bridgehead atoms. The minimum Gasteiger partial charge on any atom is -0.497 e. The average molecular weight is 465 g/mol. The van der Waals surface area contributed by atoms with Gasteiger partial charge in [-0.1, -0.05) is 46.8 Å². The van der Waals surface area contributed by atoms with Gasteiger partial charge in [-0.3, -0.25) is 4.79 Å². The van der Waals surface area contributed by atoms with Crippen molar-refractivity contribution in [2.45, 2.75) is 64.5 Å². The minimum atomic E-state index is -0.836. The number of carbonyl (C=O) groups is 1. The van der Waals surface area contributed by atoms with Gasteiger partial charge in [-0.2, -0.15) is 0 Å². The summed E-state index contributed by atoms with van der Waals surface area (Å²) in [5, 5.41) is 23.6. The number of carbonyl (C=O) groups excluding carboxylic acids is 1. The maximum atomic E-state index is 13.6. The number of fused-ring (bicyclic) bond motifs is 1. The second-order valence-corrected chi connectivity index (χ2v) is 11.1. The molecular formula is C28H36N2O4. The molecule has 1 aliphatic carbocycles. The molecule has 0 aliphatic heterocycles. The highest BCUT2D eigenvalue weighted by molar-refractivity contribution is 6.03. The van der Waals surface area contributed by atoms with E-state index in [0.717, 1.165) is 40.0 Å². The number of ether oxygens (including phenoxy) is 1. The number of nitrogens with zero attached hydrogens (tertiary/aromatic N) is 1. The molecule has 1 aliphatic rings. The largest absolute Gasteiger partial charge is 0.497 e. The lowest BCUT2D eigenvalue weighted by Crippen LogP contribution is -2.32. The topological polar surface area (TPSA) is 83.7 Å². The Hall–Kier alpha value is -2.83. The first-order chi connectivity index (χ1) is 15.9. The fraction of sp³-hybridized carbons (Fsp3) is 0.464. The Bertz CT molecular complexity index is 1200. The van der Waals surface area contributed by atoms with Crippen molar-refractivity contribution in [3.05, 3.63) is 59.8 Å². The van der Waals surface area contributed by atoms with Gasteiger partial charge in [0.05, 0.1) is 31.8 Å². The molecule has 0 radical (unpaired) electrons. The molecule has 3 aromatic rings. The molecule has 6 heteroatoms. The number of nitrogens with one attached hydrogen (secondary N) is 1. The molecule has 34 heavy (non-hydrogen) atoms. The summed E-state index contributed by atoms with van der Waals surface area (Å²) in [7, 11) is 1.64. The first-order valence-corrected chi connectivity index (χ1v) is 11.8. The van der Waals surface area contributed by atoms with Crippen LogP contribution in [0.25, 0.3) is 10.9 Å². The summed E-state index contributed by atoms with van der Waals surface area (Å²) in [6, 6.07) is 15.8. The molecule has 1 aromatic heterocycles. The third-order valence-corrected chi connectivity index (χ3v) is 7.24. The smallest absolute Gasteiger partial charge is 0.235 e.